The predicted octanol–water partition coefficient (Wildman–Crippen LogP) is 2.09. The number of phenols is 2. The number of ether oxygens (including phenoxy) is 1. The van der Waals surface area contributed by atoms with Crippen LogP contribution in [0.25, 0.3) is 22.3 Å². The molecule has 0 spiro atoms. The Morgan fingerprint density at radius 1 is 1.04 bits per heavy atom. The van der Waals surface area contributed by atoms with Crippen molar-refractivity contribution in [2.45, 2.75) is 0 Å². The predicted molar refractivity (Wildman–Crippen MR) is 90.5 cm³/mol. The third-order valence-corrected chi connectivity index (χ3v) is 3.93. The normalized spacial score (nSPS) is 11.6. The Bertz CT molecular complexity index is 1100. The van der Waals surface area contributed by atoms with Gasteiger partial charge in [-0.25, -0.2) is 0 Å². The van der Waals surface area contributed by atoms with Gasteiger partial charge in [-0.1, -0.05) is 0 Å². The van der Waals surface area contributed by atoms with Crippen molar-refractivity contribution in [1.82, 2.24) is 0 Å². The zero-order valence-corrected chi connectivity index (χ0v) is 13.9. The number of fused-ring (bicyclic) bond motifs is 1. The van der Waals surface area contributed by atoms with Gasteiger partial charge in [0.2, 0.25) is 11.2 Å². The van der Waals surface area contributed by atoms with E-state index in [1.165, 1.54) is 30.3 Å². The summed E-state index contributed by atoms with van der Waals surface area (Å²) in [5.41, 5.74) is -0.572. The summed E-state index contributed by atoms with van der Waals surface area (Å²) in [7, 11) is -4.42. The third kappa shape index (κ3) is 3.50. The third-order valence-electron chi connectivity index (χ3n) is 3.46. The molecule has 0 aliphatic carbocycles. The SMILES string of the molecule is O=c1c(O)c(-c2ccc(OCP(=O)(O)O)c(O)c2)oc2cc(O)ccc12. The van der Waals surface area contributed by atoms with Gasteiger partial charge in [-0.3, -0.25) is 9.36 Å². The van der Waals surface area contributed by atoms with E-state index in [4.69, 9.17) is 18.9 Å². The van der Waals surface area contributed by atoms with E-state index in [2.05, 4.69) is 0 Å². The molecule has 1 aromatic heterocycles. The lowest BCUT2D eigenvalue weighted by atomic mass is 10.1. The second kappa shape index (κ2) is 6.38. The monoisotopic (exact) mass is 380 g/mol. The molecule has 0 amide bonds. The lowest BCUT2D eigenvalue weighted by Gasteiger charge is -2.11. The van der Waals surface area contributed by atoms with Crippen molar-refractivity contribution in [1.29, 1.82) is 0 Å². The second-order valence-corrected chi connectivity index (χ2v) is 7.00. The van der Waals surface area contributed by atoms with Crippen LogP contribution in [0.5, 0.6) is 23.0 Å². The van der Waals surface area contributed by atoms with Crippen LogP contribution in [0.2, 0.25) is 0 Å². The van der Waals surface area contributed by atoms with Crippen LogP contribution in [0.3, 0.4) is 0 Å². The molecule has 2 aromatic carbocycles. The largest absolute Gasteiger partial charge is 0.508 e. The Hall–Kier alpha value is -3.00. The molecule has 0 atom stereocenters. The molecule has 0 unspecified atom stereocenters. The molecule has 3 rings (SSSR count). The standard InChI is InChI=1S/C16H13O9P/c17-9-2-3-10-13(6-9)25-16(15(20)14(10)19)8-1-4-12(11(18)5-8)24-7-26(21,22)23/h1-6,17-18,20H,7H2,(H2,21,22,23). The molecule has 26 heavy (non-hydrogen) atoms. The van der Waals surface area contributed by atoms with Gasteiger partial charge in [0.05, 0.1) is 5.39 Å². The van der Waals surface area contributed by atoms with Gasteiger partial charge >= 0.3 is 7.60 Å². The van der Waals surface area contributed by atoms with Crippen LogP contribution in [-0.2, 0) is 4.57 Å². The molecule has 136 valence electrons. The van der Waals surface area contributed by atoms with Crippen molar-refractivity contribution in [3.63, 3.8) is 0 Å². The van der Waals surface area contributed by atoms with Gasteiger partial charge in [0.1, 0.15) is 11.3 Å². The quantitative estimate of drug-likeness (QED) is 0.427. The van der Waals surface area contributed by atoms with Crippen molar-refractivity contribution in [2.24, 2.45) is 0 Å². The van der Waals surface area contributed by atoms with Crippen LogP contribution in [0.4, 0.5) is 0 Å². The fraction of sp³-hybridized carbons (Fsp3) is 0.0625. The van der Waals surface area contributed by atoms with Crippen LogP contribution < -0.4 is 10.2 Å². The van der Waals surface area contributed by atoms with Gasteiger partial charge in [0, 0.05) is 11.6 Å². The van der Waals surface area contributed by atoms with Crippen LogP contribution in [0, 0.1) is 0 Å². The molecule has 0 bridgehead atoms. The highest BCUT2D eigenvalue weighted by atomic mass is 31.2. The van der Waals surface area contributed by atoms with Gasteiger partial charge in [0.25, 0.3) is 0 Å². The van der Waals surface area contributed by atoms with Crippen molar-refractivity contribution < 1.29 is 38.8 Å². The van der Waals surface area contributed by atoms with Crippen LogP contribution >= 0.6 is 7.60 Å². The van der Waals surface area contributed by atoms with Gasteiger partial charge in [-0.2, -0.15) is 0 Å². The van der Waals surface area contributed by atoms with E-state index in [0.717, 1.165) is 6.07 Å². The lowest BCUT2D eigenvalue weighted by Crippen LogP contribution is -2.02. The minimum atomic E-state index is -4.42. The van der Waals surface area contributed by atoms with Crippen molar-refractivity contribution in [3.05, 3.63) is 46.6 Å². The average molecular weight is 380 g/mol. The maximum atomic E-state index is 12.2. The highest BCUT2D eigenvalue weighted by Crippen LogP contribution is 2.39. The Labute approximate surface area is 145 Å². The van der Waals surface area contributed by atoms with Crippen molar-refractivity contribution in [3.8, 4) is 34.3 Å². The molecule has 0 radical (unpaired) electrons. The number of benzene rings is 2. The Morgan fingerprint density at radius 3 is 2.42 bits per heavy atom. The Balaban J connectivity index is 2.06. The van der Waals surface area contributed by atoms with E-state index in [-0.39, 0.29) is 33.8 Å². The molecule has 3 aromatic rings. The number of hydrogen-bond donors (Lipinski definition) is 5. The smallest absolute Gasteiger partial charge is 0.362 e. The van der Waals surface area contributed by atoms with Crippen LogP contribution in [0.15, 0.2) is 45.6 Å². The molecule has 0 fully saturated rings. The van der Waals surface area contributed by atoms with E-state index in [1.54, 1.807) is 0 Å². The summed E-state index contributed by atoms with van der Waals surface area (Å²) in [5, 5.41) is 29.6. The first-order chi connectivity index (χ1) is 12.2. The van der Waals surface area contributed by atoms with Crippen molar-refractivity contribution >= 4 is 18.6 Å². The van der Waals surface area contributed by atoms with E-state index >= 15 is 0 Å². The number of hydrogen-bond acceptors (Lipinski definition) is 7. The highest BCUT2D eigenvalue weighted by molar-refractivity contribution is 7.51. The summed E-state index contributed by atoms with van der Waals surface area (Å²) < 4.78 is 21.1. The molecule has 5 N–H and O–H groups in total. The van der Waals surface area contributed by atoms with Gasteiger partial charge < -0.3 is 34.3 Å². The van der Waals surface area contributed by atoms with E-state index in [9.17, 15) is 24.7 Å². The summed E-state index contributed by atoms with van der Waals surface area (Å²) in [6.07, 6.45) is -0.921. The first kappa shape index (κ1) is 17.8. The van der Waals surface area contributed by atoms with Gasteiger partial charge in [-0.05, 0) is 30.3 Å². The fourth-order valence-corrected chi connectivity index (χ4v) is 2.61. The topological polar surface area (TPSA) is 158 Å². The number of phenolic OH excluding ortho intramolecular Hbond substituents is 2. The summed E-state index contributed by atoms with van der Waals surface area (Å²) in [6, 6.07) is 7.40. The average Bonchev–Trinajstić information content (AvgIpc) is 2.56. The molecule has 1 heterocycles. The summed E-state index contributed by atoms with van der Waals surface area (Å²) in [5.74, 6) is -1.75. The maximum absolute atomic E-state index is 12.2. The molecular weight excluding hydrogens is 367 g/mol. The van der Waals surface area contributed by atoms with Crippen LogP contribution in [-0.4, -0.2) is 31.5 Å². The lowest BCUT2D eigenvalue weighted by molar-refractivity contribution is 0.292. The zero-order chi connectivity index (χ0) is 19.1. The fourth-order valence-electron chi connectivity index (χ4n) is 2.30. The molecule has 10 heteroatoms. The van der Waals surface area contributed by atoms with Gasteiger partial charge in [-0.15, -0.1) is 0 Å². The van der Waals surface area contributed by atoms with E-state index in [0.29, 0.717) is 0 Å². The zero-order valence-electron chi connectivity index (χ0n) is 13.0. The molecule has 9 nitrogen and oxygen atoms in total. The molecule has 0 aliphatic heterocycles. The summed E-state index contributed by atoms with van der Waals surface area (Å²) in [6.45, 7) is 0. The summed E-state index contributed by atoms with van der Waals surface area (Å²) in [4.78, 5) is 29.8. The first-order valence-electron chi connectivity index (χ1n) is 7.15. The summed E-state index contributed by atoms with van der Waals surface area (Å²) >= 11 is 0. The minimum absolute atomic E-state index is 0.0316. The Morgan fingerprint density at radius 2 is 1.77 bits per heavy atom. The van der Waals surface area contributed by atoms with Crippen molar-refractivity contribution in [2.75, 3.05) is 6.35 Å². The molecule has 0 aliphatic rings. The molecule has 0 saturated heterocycles. The van der Waals surface area contributed by atoms with Gasteiger partial charge in [0.15, 0.2) is 23.6 Å². The molecular formula is C16H13O9P. The number of rotatable bonds is 4. The van der Waals surface area contributed by atoms with E-state index < -0.39 is 30.9 Å². The van der Waals surface area contributed by atoms with E-state index in [1.807, 2.05) is 0 Å². The number of aromatic hydroxyl groups is 3. The maximum Gasteiger partial charge on any atom is 0.362 e. The Kier molecular flexibility index (Phi) is 4.37. The first-order valence-corrected chi connectivity index (χ1v) is 8.95. The highest BCUT2D eigenvalue weighted by Gasteiger charge is 2.19. The molecule has 0 saturated carbocycles. The van der Waals surface area contributed by atoms with Crippen LogP contribution in [0.1, 0.15) is 0 Å². The second-order valence-electron chi connectivity index (χ2n) is 5.41. The minimum Gasteiger partial charge on any atom is -0.508 e.